The molecule has 0 aliphatic carbocycles. The van der Waals surface area contributed by atoms with Crippen LogP contribution in [0.1, 0.15) is 22.2 Å². The van der Waals surface area contributed by atoms with Crippen LogP contribution in [0.15, 0.2) is 72.9 Å². The van der Waals surface area contributed by atoms with Gasteiger partial charge < -0.3 is 10.1 Å². The van der Waals surface area contributed by atoms with E-state index >= 15 is 0 Å². The topological polar surface area (TPSA) is 54.5 Å². The zero-order chi connectivity index (χ0) is 17.2. The number of benzene rings is 2. The number of rotatable bonds is 3. The zero-order valence-corrected chi connectivity index (χ0v) is 13.7. The van der Waals surface area contributed by atoms with Gasteiger partial charge in [0.25, 0.3) is 5.91 Å². The Kier molecular flexibility index (Phi) is 3.82. The number of fused-ring (bicyclic) bond motifs is 1. The number of para-hydroxylation sites is 1. The van der Waals surface area contributed by atoms with Crippen molar-refractivity contribution in [1.82, 2.24) is 4.98 Å². The number of carbonyl (C=O) groups excluding carboxylic acids is 1. The van der Waals surface area contributed by atoms with E-state index in [2.05, 4.69) is 10.3 Å². The number of amides is 1. The highest BCUT2D eigenvalue weighted by Gasteiger charge is 2.34. The molecule has 4 rings (SSSR count). The number of nitrogens with zero attached hydrogens (tertiary/aromatic N) is 2. The van der Waals surface area contributed by atoms with E-state index in [-0.39, 0.29) is 12.1 Å². The quantitative estimate of drug-likeness (QED) is 0.792. The van der Waals surface area contributed by atoms with Gasteiger partial charge in [-0.05, 0) is 48.5 Å². The number of carbonyl (C=O) groups is 1. The molecule has 1 N–H and O–H groups in total. The highest BCUT2D eigenvalue weighted by atomic mass is 16.5. The molecule has 1 atom stereocenters. The third kappa shape index (κ3) is 2.70. The fraction of sp³-hybridized carbons (Fsp3) is 0.100. The summed E-state index contributed by atoms with van der Waals surface area (Å²) in [6, 6.07) is 20.7. The van der Waals surface area contributed by atoms with Gasteiger partial charge in [-0.3, -0.25) is 14.7 Å². The SMILES string of the molecule is COc1ccc(N2C(=O)c3ccccc3NC2c2ccccn2)cc1. The Morgan fingerprint density at radius 1 is 1.00 bits per heavy atom. The largest absolute Gasteiger partial charge is 0.497 e. The van der Waals surface area contributed by atoms with Crippen LogP contribution in [-0.4, -0.2) is 18.0 Å². The van der Waals surface area contributed by atoms with Crippen LogP contribution in [0, 0.1) is 0 Å². The van der Waals surface area contributed by atoms with Gasteiger partial charge in [0.2, 0.25) is 0 Å². The summed E-state index contributed by atoms with van der Waals surface area (Å²) in [5.74, 6) is 0.686. The summed E-state index contributed by atoms with van der Waals surface area (Å²) in [5.41, 5.74) is 3.02. The maximum Gasteiger partial charge on any atom is 0.262 e. The first kappa shape index (κ1) is 15.2. The monoisotopic (exact) mass is 331 g/mol. The molecule has 0 bridgehead atoms. The summed E-state index contributed by atoms with van der Waals surface area (Å²) < 4.78 is 5.22. The lowest BCUT2D eigenvalue weighted by molar-refractivity contribution is 0.0974. The lowest BCUT2D eigenvalue weighted by atomic mass is 10.0. The van der Waals surface area contributed by atoms with E-state index in [4.69, 9.17) is 4.74 Å². The number of hydrogen-bond donors (Lipinski definition) is 1. The molecule has 124 valence electrons. The van der Waals surface area contributed by atoms with Gasteiger partial charge >= 0.3 is 0 Å². The van der Waals surface area contributed by atoms with Crippen molar-refractivity contribution in [3.05, 3.63) is 84.2 Å². The third-order valence-corrected chi connectivity index (χ3v) is 4.25. The van der Waals surface area contributed by atoms with Crippen molar-refractivity contribution < 1.29 is 9.53 Å². The van der Waals surface area contributed by atoms with E-state index in [9.17, 15) is 4.79 Å². The predicted octanol–water partition coefficient (Wildman–Crippen LogP) is 3.86. The van der Waals surface area contributed by atoms with Crippen LogP contribution in [-0.2, 0) is 0 Å². The van der Waals surface area contributed by atoms with E-state index in [1.54, 1.807) is 18.2 Å². The maximum absolute atomic E-state index is 13.2. The Morgan fingerprint density at radius 3 is 2.48 bits per heavy atom. The minimum atomic E-state index is -0.378. The molecule has 5 nitrogen and oxygen atoms in total. The Balaban J connectivity index is 1.83. The van der Waals surface area contributed by atoms with Crippen molar-refractivity contribution in [2.24, 2.45) is 0 Å². The molecular weight excluding hydrogens is 314 g/mol. The smallest absolute Gasteiger partial charge is 0.262 e. The predicted molar refractivity (Wildman–Crippen MR) is 96.8 cm³/mol. The van der Waals surface area contributed by atoms with E-state index in [1.165, 1.54) is 0 Å². The van der Waals surface area contributed by atoms with Gasteiger partial charge in [0.1, 0.15) is 5.75 Å². The lowest BCUT2D eigenvalue weighted by Crippen LogP contribution is -2.43. The van der Waals surface area contributed by atoms with Crippen LogP contribution in [0.4, 0.5) is 11.4 Å². The van der Waals surface area contributed by atoms with E-state index in [0.29, 0.717) is 5.56 Å². The molecule has 0 saturated carbocycles. The first-order valence-corrected chi connectivity index (χ1v) is 8.02. The fourth-order valence-corrected chi connectivity index (χ4v) is 3.01. The Labute approximate surface area is 145 Å². The van der Waals surface area contributed by atoms with Crippen LogP contribution in [0.25, 0.3) is 0 Å². The van der Waals surface area contributed by atoms with Crippen molar-refractivity contribution in [3.63, 3.8) is 0 Å². The highest BCUT2D eigenvalue weighted by molar-refractivity contribution is 6.12. The molecule has 5 heteroatoms. The molecule has 0 spiro atoms. The second kappa shape index (κ2) is 6.28. The lowest BCUT2D eigenvalue weighted by Gasteiger charge is -2.37. The molecule has 1 amide bonds. The molecule has 0 radical (unpaired) electrons. The van der Waals surface area contributed by atoms with Gasteiger partial charge in [-0.15, -0.1) is 0 Å². The molecular formula is C20H17N3O2. The number of aromatic nitrogens is 1. The zero-order valence-electron chi connectivity index (χ0n) is 13.7. The Morgan fingerprint density at radius 2 is 1.76 bits per heavy atom. The average molecular weight is 331 g/mol. The molecule has 3 aromatic rings. The van der Waals surface area contributed by atoms with Crippen molar-refractivity contribution in [3.8, 4) is 5.75 Å². The van der Waals surface area contributed by atoms with Crippen molar-refractivity contribution >= 4 is 17.3 Å². The summed E-state index contributed by atoms with van der Waals surface area (Å²) in [5, 5.41) is 3.43. The van der Waals surface area contributed by atoms with Crippen LogP contribution in [0.5, 0.6) is 5.75 Å². The summed E-state index contributed by atoms with van der Waals surface area (Å²) >= 11 is 0. The van der Waals surface area contributed by atoms with Gasteiger partial charge in [0.15, 0.2) is 6.17 Å². The number of ether oxygens (including phenoxy) is 1. The van der Waals surface area contributed by atoms with Crippen LogP contribution in [0.2, 0.25) is 0 Å². The second-order valence-corrected chi connectivity index (χ2v) is 5.72. The second-order valence-electron chi connectivity index (χ2n) is 5.72. The van der Waals surface area contributed by atoms with Crippen molar-refractivity contribution in [1.29, 1.82) is 0 Å². The molecule has 1 aromatic heterocycles. The van der Waals surface area contributed by atoms with Crippen LogP contribution >= 0.6 is 0 Å². The number of anilines is 2. The number of methoxy groups -OCH3 is 1. The minimum Gasteiger partial charge on any atom is -0.497 e. The number of pyridine rings is 1. The van der Waals surface area contributed by atoms with E-state index in [1.807, 2.05) is 66.7 Å². The molecule has 1 aliphatic rings. The van der Waals surface area contributed by atoms with Gasteiger partial charge in [0.05, 0.1) is 18.4 Å². The first-order chi connectivity index (χ1) is 12.3. The molecule has 1 aliphatic heterocycles. The standard InChI is InChI=1S/C20H17N3O2/c1-25-15-11-9-14(10-12-15)23-19(18-8-4-5-13-21-18)22-17-7-3-2-6-16(17)20(23)24/h2-13,19,22H,1H3. The maximum atomic E-state index is 13.2. The highest BCUT2D eigenvalue weighted by Crippen LogP contribution is 2.36. The van der Waals surface area contributed by atoms with Crippen molar-refractivity contribution in [2.45, 2.75) is 6.17 Å². The van der Waals surface area contributed by atoms with Gasteiger partial charge in [-0.1, -0.05) is 18.2 Å². The van der Waals surface area contributed by atoms with Gasteiger partial charge in [0, 0.05) is 17.6 Å². The first-order valence-electron chi connectivity index (χ1n) is 8.02. The average Bonchev–Trinajstić information content (AvgIpc) is 2.69. The molecule has 2 aromatic carbocycles. The molecule has 25 heavy (non-hydrogen) atoms. The number of hydrogen-bond acceptors (Lipinski definition) is 4. The molecule has 2 heterocycles. The van der Waals surface area contributed by atoms with Crippen molar-refractivity contribution in [2.75, 3.05) is 17.3 Å². The van der Waals surface area contributed by atoms with Crippen LogP contribution < -0.4 is 15.0 Å². The third-order valence-electron chi connectivity index (χ3n) is 4.25. The fourth-order valence-electron chi connectivity index (χ4n) is 3.01. The van der Waals surface area contributed by atoms with Crippen LogP contribution in [0.3, 0.4) is 0 Å². The molecule has 0 fully saturated rings. The molecule has 1 unspecified atom stereocenters. The van der Waals surface area contributed by atoms with E-state index in [0.717, 1.165) is 22.8 Å². The normalized spacial score (nSPS) is 16.1. The van der Waals surface area contributed by atoms with Gasteiger partial charge in [-0.2, -0.15) is 0 Å². The number of nitrogens with one attached hydrogen (secondary N) is 1. The summed E-state index contributed by atoms with van der Waals surface area (Å²) in [6.07, 6.45) is 1.35. The summed E-state index contributed by atoms with van der Waals surface area (Å²) in [4.78, 5) is 19.3. The summed E-state index contributed by atoms with van der Waals surface area (Å²) in [7, 11) is 1.62. The Hall–Kier alpha value is -3.34. The minimum absolute atomic E-state index is 0.0600. The molecule has 0 saturated heterocycles. The summed E-state index contributed by atoms with van der Waals surface area (Å²) in [6.45, 7) is 0. The Bertz CT molecular complexity index is 894. The van der Waals surface area contributed by atoms with E-state index < -0.39 is 0 Å². The van der Waals surface area contributed by atoms with Gasteiger partial charge in [-0.25, -0.2) is 0 Å².